The summed E-state index contributed by atoms with van der Waals surface area (Å²) in [5.41, 5.74) is 11.5. The summed E-state index contributed by atoms with van der Waals surface area (Å²) >= 11 is 0. The molecule has 2 aliphatic rings. The molecule has 11 heteroatoms. The molecule has 3 radical (unpaired) electrons. The maximum absolute atomic E-state index is 12.5. The normalized spacial score (nSPS) is 14.9. The molecule has 0 aliphatic heterocycles. The van der Waals surface area contributed by atoms with Crippen LogP contribution in [0.15, 0.2) is 121 Å². The molecule has 0 aromatic carbocycles. The van der Waals surface area contributed by atoms with Crippen molar-refractivity contribution in [3.05, 3.63) is 167 Å². The molecule has 4 aromatic rings. The number of allylic oxidation sites excluding steroid dienone is 6. The predicted octanol–water partition coefficient (Wildman–Crippen LogP) is 14.4. The van der Waals surface area contributed by atoms with Crippen LogP contribution in [-0.2, 0) is 43.3 Å². The molecule has 0 saturated heterocycles. The third kappa shape index (κ3) is 14.7. The number of alkyl halides is 6. The van der Waals surface area contributed by atoms with Crippen molar-refractivity contribution in [2.24, 2.45) is 10.8 Å². The fourth-order valence-electron chi connectivity index (χ4n) is 5.68. The summed E-state index contributed by atoms with van der Waals surface area (Å²) in [5.74, 6) is 2.60. The Morgan fingerprint density at radius 1 is 0.377 bits per heavy atom. The number of nitrogens with zero attached hydrogens (tertiary/aromatic N) is 4. The summed E-state index contributed by atoms with van der Waals surface area (Å²) < 4.78 is 75.1. The minimum atomic E-state index is -4.60. The molecule has 4 heterocycles. The van der Waals surface area contributed by atoms with E-state index in [9.17, 15) is 26.3 Å². The molecule has 4 nitrogen and oxygen atoms in total. The van der Waals surface area contributed by atoms with Crippen molar-refractivity contribution in [3.63, 3.8) is 0 Å². The Bertz CT molecular complexity index is 2160. The molecule has 0 atom stereocenters. The van der Waals surface area contributed by atoms with E-state index in [0.717, 1.165) is 47.1 Å². The van der Waals surface area contributed by atoms with Crippen molar-refractivity contribution < 1.29 is 46.4 Å². The number of hydrogen-bond acceptors (Lipinski definition) is 4. The number of rotatable bonds is 3. The van der Waals surface area contributed by atoms with E-state index in [2.05, 4.69) is 175 Å². The average molecular weight is 1020 g/mol. The van der Waals surface area contributed by atoms with Gasteiger partial charge in [-0.3, -0.25) is 19.9 Å². The van der Waals surface area contributed by atoms with Crippen molar-refractivity contribution in [1.29, 1.82) is 0 Å². The van der Waals surface area contributed by atoms with Gasteiger partial charge in [-0.2, -0.15) is 26.3 Å². The van der Waals surface area contributed by atoms with Crippen LogP contribution in [0.25, 0.3) is 22.5 Å². The molecule has 325 valence electrons. The number of aromatic nitrogens is 4. The van der Waals surface area contributed by atoms with Gasteiger partial charge >= 0.3 is 12.4 Å². The second-order valence-corrected chi connectivity index (χ2v) is 18.7. The smallest absolute Gasteiger partial charge is 0.256 e. The van der Waals surface area contributed by atoms with Gasteiger partial charge in [-0.1, -0.05) is 95.2 Å². The standard InChI is InChI=1S/2C19H24N.C12H6F6N2.Ir/c2*1-18(2,3)15-9-7-14(8-10-15)17-13-16(11-12-20-17)19(4,5)6;13-11(14,15)7-1-3-19-9(5-7)10-6-8(2-4-20-10)12(16,17)18;/h2*7,9-13H,1-6H3;1-6H;. The Morgan fingerprint density at radius 3 is 0.902 bits per heavy atom. The van der Waals surface area contributed by atoms with Crippen LogP contribution in [0.5, 0.6) is 0 Å². The molecule has 0 N–H and O–H groups in total. The Kier molecular flexibility index (Phi) is 16.3. The molecular weight excluding hydrogens is 963 g/mol. The zero-order valence-corrected chi connectivity index (χ0v) is 39.2. The van der Waals surface area contributed by atoms with E-state index in [4.69, 9.17) is 0 Å². The third-order valence-corrected chi connectivity index (χ3v) is 9.60. The van der Waals surface area contributed by atoms with Crippen molar-refractivity contribution in [1.82, 2.24) is 19.9 Å². The van der Waals surface area contributed by atoms with Gasteiger partial charge in [0.05, 0.1) is 33.9 Å². The van der Waals surface area contributed by atoms with E-state index in [0.29, 0.717) is 12.1 Å². The fraction of sp³-hybridized carbons (Fsp3) is 0.360. The SMILES string of the molecule is CC(C)(C)[C]1C=C=C(c2cc(C(C)(C)C)ccn2)C=C1.CC(C)(C)[C]1C=C=C(c2cc(C(C)(C)C)ccn2)C=C1.FC(F)(F)c1ccnc(-c2cc(C(F)(F)F)ccn2)c1.[Ir]. The quantitative estimate of drug-likeness (QED) is 0.152. The van der Waals surface area contributed by atoms with Gasteiger partial charge in [-0.25, -0.2) is 0 Å². The first-order chi connectivity index (χ1) is 27.5. The van der Waals surface area contributed by atoms with Gasteiger partial charge in [-0.15, -0.1) is 11.5 Å². The summed E-state index contributed by atoms with van der Waals surface area (Å²) in [6.45, 7) is 26.6. The van der Waals surface area contributed by atoms with Crippen molar-refractivity contribution in [2.45, 2.75) is 106 Å². The minimum Gasteiger partial charge on any atom is -0.256 e. The number of hydrogen-bond donors (Lipinski definition) is 0. The Labute approximate surface area is 371 Å². The van der Waals surface area contributed by atoms with Crippen molar-refractivity contribution in [3.8, 4) is 11.4 Å². The van der Waals surface area contributed by atoms with Crippen LogP contribution in [0.3, 0.4) is 0 Å². The van der Waals surface area contributed by atoms with Gasteiger partial charge in [0.25, 0.3) is 0 Å². The summed E-state index contributed by atoms with van der Waals surface area (Å²) in [5, 5.41) is 0. The minimum absolute atomic E-state index is 0. The Balaban J connectivity index is 0.000000242. The molecule has 6 rings (SSSR count). The zero-order chi connectivity index (χ0) is 44.9. The van der Waals surface area contributed by atoms with Crippen LogP contribution in [0.1, 0.15) is 117 Å². The molecule has 2 aliphatic carbocycles. The Hall–Kier alpha value is -4.65. The van der Waals surface area contributed by atoms with Gasteiger partial charge in [0.1, 0.15) is 0 Å². The number of halogens is 6. The predicted molar refractivity (Wildman–Crippen MR) is 230 cm³/mol. The first-order valence-corrected chi connectivity index (χ1v) is 19.6. The van der Waals surface area contributed by atoms with Crippen LogP contribution < -0.4 is 0 Å². The van der Waals surface area contributed by atoms with Gasteiger partial charge in [-0.05, 0) is 106 Å². The van der Waals surface area contributed by atoms with E-state index in [-0.39, 0.29) is 53.2 Å². The molecule has 0 bridgehead atoms. The van der Waals surface area contributed by atoms with E-state index in [1.54, 1.807) is 0 Å². The fourth-order valence-corrected chi connectivity index (χ4v) is 5.68. The van der Waals surface area contributed by atoms with Crippen LogP contribution >= 0.6 is 0 Å². The molecule has 0 saturated carbocycles. The summed E-state index contributed by atoms with van der Waals surface area (Å²) in [4.78, 5) is 16.2. The summed E-state index contributed by atoms with van der Waals surface area (Å²) in [6, 6.07) is 11.3. The van der Waals surface area contributed by atoms with E-state index in [1.165, 1.54) is 23.0 Å². The maximum atomic E-state index is 12.5. The van der Waals surface area contributed by atoms with Gasteiger partial charge in [0.2, 0.25) is 0 Å². The van der Waals surface area contributed by atoms with E-state index >= 15 is 0 Å². The second kappa shape index (κ2) is 19.6. The summed E-state index contributed by atoms with van der Waals surface area (Å²) in [6.07, 6.45) is 9.10. The van der Waals surface area contributed by atoms with Crippen LogP contribution in [0.2, 0.25) is 0 Å². The average Bonchev–Trinajstić information content (AvgIpc) is 3.17. The molecule has 0 unspecified atom stereocenters. The van der Waals surface area contributed by atoms with Gasteiger partial charge < -0.3 is 0 Å². The molecule has 61 heavy (non-hydrogen) atoms. The zero-order valence-electron chi connectivity index (χ0n) is 36.8. The molecular formula is C50H54F6IrN4. The molecule has 0 spiro atoms. The first kappa shape index (κ1) is 50.7. The Morgan fingerprint density at radius 2 is 0.656 bits per heavy atom. The topological polar surface area (TPSA) is 51.6 Å². The largest absolute Gasteiger partial charge is 0.416 e. The van der Waals surface area contributed by atoms with E-state index < -0.39 is 23.5 Å². The van der Waals surface area contributed by atoms with Crippen LogP contribution in [-0.4, -0.2) is 19.9 Å². The van der Waals surface area contributed by atoms with Gasteiger partial charge in [0, 0.05) is 67.9 Å². The summed E-state index contributed by atoms with van der Waals surface area (Å²) in [7, 11) is 0. The van der Waals surface area contributed by atoms with Crippen LogP contribution in [0, 0.1) is 22.7 Å². The van der Waals surface area contributed by atoms with E-state index in [1.807, 2.05) is 12.4 Å². The van der Waals surface area contributed by atoms with Crippen molar-refractivity contribution in [2.75, 3.05) is 0 Å². The first-order valence-electron chi connectivity index (χ1n) is 19.6. The third-order valence-electron chi connectivity index (χ3n) is 9.60. The second-order valence-electron chi connectivity index (χ2n) is 18.7. The number of pyridine rings is 4. The van der Waals surface area contributed by atoms with Gasteiger partial charge in [0.15, 0.2) is 0 Å². The van der Waals surface area contributed by atoms with Crippen molar-refractivity contribution >= 4 is 11.1 Å². The molecule has 0 amide bonds. The maximum Gasteiger partial charge on any atom is 0.416 e. The monoisotopic (exact) mass is 1020 g/mol. The molecule has 4 aromatic heterocycles. The molecule has 0 fully saturated rings. The van der Waals surface area contributed by atoms with Crippen LogP contribution in [0.4, 0.5) is 26.3 Å².